The number of nitrogens with zero attached hydrogens (tertiary/aromatic N) is 2. The number of anilines is 1. The van der Waals surface area contributed by atoms with Gasteiger partial charge in [0.1, 0.15) is 5.75 Å². The lowest BCUT2D eigenvalue weighted by Gasteiger charge is -2.32. The van der Waals surface area contributed by atoms with Crippen molar-refractivity contribution in [3.8, 4) is 17.0 Å². The second-order valence-corrected chi connectivity index (χ2v) is 8.53. The van der Waals surface area contributed by atoms with Crippen LogP contribution in [0.5, 0.6) is 5.75 Å². The van der Waals surface area contributed by atoms with Crippen molar-refractivity contribution in [3.05, 3.63) is 51.0 Å². The summed E-state index contributed by atoms with van der Waals surface area (Å²) >= 11 is 2.95. The van der Waals surface area contributed by atoms with Gasteiger partial charge in [0.25, 0.3) is 5.91 Å². The summed E-state index contributed by atoms with van der Waals surface area (Å²) in [7, 11) is 1.67. The minimum Gasteiger partial charge on any atom is -0.479 e. The van der Waals surface area contributed by atoms with E-state index in [2.05, 4.69) is 4.98 Å². The van der Waals surface area contributed by atoms with E-state index >= 15 is 0 Å². The van der Waals surface area contributed by atoms with E-state index in [9.17, 15) is 9.59 Å². The number of ether oxygens (including phenoxy) is 2. The third kappa shape index (κ3) is 4.10. The van der Waals surface area contributed by atoms with E-state index in [0.717, 1.165) is 22.7 Å². The van der Waals surface area contributed by atoms with Crippen LogP contribution in [-0.4, -0.2) is 43.0 Å². The lowest BCUT2D eigenvalue weighted by atomic mass is 10.1. The summed E-state index contributed by atoms with van der Waals surface area (Å²) in [5.41, 5.74) is 2.31. The molecule has 3 heterocycles. The number of carbonyl (C=O) groups excluding carboxylic acids is 2. The Hall–Kier alpha value is -2.55. The quantitative estimate of drug-likeness (QED) is 0.531. The molecule has 0 fully saturated rings. The standard InChI is InChI=1S/C21H20N2O4S2/c1-13-21(25)23(11-17(24)19-4-3-9-28-19)16-10-14(5-6-18(16)27-13)15-12-29-20(22-15)7-8-26-2/h3-6,9-10,12-13H,7-8,11H2,1-2H3. The highest BCUT2D eigenvalue weighted by molar-refractivity contribution is 7.12. The van der Waals surface area contributed by atoms with Gasteiger partial charge in [0.2, 0.25) is 0 Å². The highest BCUT2D eigenvalue weighted by atomic mass is 32.1. The van der Waals surface area contributed by atoms with Gasteiger partial charge in [-0.1, -0.05) is 6.07 Å². The van der Waals surface area contributed by atoms with Gasteiger partial charge < -0.3 is 9.47 Å². The van der Waals surface area contributed by atoms with Crippen molar-refractivity contribution in [2.75, 3.05) is 25.2 Å². The molecule has 1 aromatic carbocycles. The van der Waals surface area contributed by atoms with Gasteiger partial charge in [-0.15, -0.1) is 22.7 Å². The zero-order valence-electron chi connectivity index (χ0n) is 16.1. The van der Waals surface area contributed by atoms with Crippen LogP contribution in [-0.2, 0) is 16.0 Å². The first-order valence-corrected chi connectivity index (χ1v) is 10.9. The third-order valence-electron chi connectivity index (χ3n) is 4.63. The molecule has 1 unspecified atom stereocenters. The summed E-state index contributed by atoms with van der Waals surface area (Å²) in [5, 5.41) is 4.83. The number of carbonyl (C=O) groups is 2. The van der Waals surface area contributed by atoms with Crippen molar-refractivity contribution in [2.24, 2.45) is 0 Å². The fourth-order valence-corrected chi connectivity index (χ4v) is 4.58. The second kappa shape index (κ2) is 8.44. The maximum absolute atomic E-state index is 12.8. The van der Waals surface area contributed by atoms with Gasteiger partial charge in [-0.3, -0.25) is 14.5 Å². The van der Waals surface area contributed by atoms with Crippen LogP contribution in [0.4, 0.5) is 5.69 Å². The number of benzene rings is 1. The van der Waals surface area contributed by atoms with Gasteiger partial charge in [0.05, 0.1) is 34.4 Å². The number of hydrogen-bond acceptors (Lipinski definition) is 7. The number of amides is 1. The summed E-state index contributed by atoms with van der Waals surface area (Å²) in [4.78, 5) is 32.2. The molecule has 1 atom stereocenters. The number of thiazole rings is 1. The average molecular weight is 429 g/mol. The number of aromatic nitrogens is 1. The molecule has 0 bridgehead atoms. The fourth-order valence-electron chi connectivity index (χ4n) is 3.14. The van der Waals surface area contributed by atoms with Crippen LogP contribution in [0.15, 0.2) is 41.1 Å². The van der Waals surface area contributed by atoms with Crippen molar-refractivity contribution in [2.45, 2.75) is 19.4 Å². The van der Waals surface area contributed by atoms with E-state index in [1.165, 1.54) is 16.2 Å². The Bertz CT molecular complexity index is 1030. The van der Waals surface area contributed by atoms with E-state index in [1.807, 2.05) is 35.0 Å². The Labute approximate surface area is 176 Å². The zero-order valence-corrected chi connectivity index (χ0v) is 17.7. The highest BCUT2D eigenvalue weighted by Gasteiger charge is 2.33. The number of methoxy groups -OCH3 is 1. The number of Topliss-reactive ketones (excluding diaryl/α,β-unsaturated/α-hetero) is 1. The van der Waals surface area contributed by atoms with Crippen molar-refractivity contribution in [1.29, 1.82) is 0 Å². The molecular formula is C21H20N2O4S2. The molecular weight excluding hydrogens is 408 g/mol. The van der Waals surface area contributed by atoms with E-state index in [1.54, 1.807) is 31.4 Å². The van der Waals surface area contributed by atoms with Gasteiger partial charge in [0.15, 0.2) is 11.9 Å². The molecule has 0 saturated heterocycles. The molecule has 8 heteroatoms. The van der Waals surface area contributed by atoms with Gasteiger partial charge in [-0.05, 0) is 36.6 Å². The average Bonchev–Trinajstić information content (AvgIpc) is 3.41. The molecule has 1 aliphatic heterocycles. The van der Waals surface area contributed by atoms with Crippen LogP contribution in [0.25, 0.3) is 11.3 Å². The van der Waals surface area contributed by atoms with Crippen LogP contribution in [0.3, 0.4) is 0 Å². The number of ketones is 1. The van der Waals surface area contributed by atoms with Gasteiger partial charge >= 0.3 is 0 Å². The molecule has 0 saturated carbocycles. The van der Waals surface area contributed by atoms with Crippen LogP contribution in [0, 0.1) is 0 Å². The second-order valence-electron chi connectivity index (χ2n) is 6.64. The Morgan fingerprint density at radius 1 is 1.31 bits per heavy atom. The van der Waals surface area contributed by atoms with Crippen molar-refractivity contribution in [1.82, 2.24) is 4.98 Å². The molecule has 150 valence electrons. The maximum atomic E-state index is 12.8. The van der Waals surface area contributed by atoms with Gasteiger partial charge in [0, 0.05) is 24.5 Å². The van der Waals surface area contributed by atoms with E-state index in [-0.39, 0.29) is 18.2 Å². The van der Waals surface area contributed by atoms with Crippen LogP contribution in [0.2, 0.25) is 0 Å². The van der Waals surface area contributed by atoms with E-state index in [4.69, 9.17) is 9.47 Å². The predicted octanol–water partition coefficient (Wildman–Crippen LogP) is 4.06. The van der Waals surface area contributed by atoms with Gasteiger partial charge in [-0.2, -0.15) is 0 Å². The first kappa shape index (κ1) is 19.8. The predicted molar refractivity (Wildman–Crippen MR) is 114 cm³/mol. The molecule has 3 aromatic rings. The number of hydrogen-bond donors (Lipinski definition) is 0. The summed E-state index contributed by atoms with van der Waals surface area (Å²) in [6, 6.07) is 9.24. The minimum absolute atomic E-state index is 0.0142. The zero-order chi connectivity index (χ0) is 20.4. The lowest BCUT2D eigenvalue weighted by molar-refractivity contribution is -0.125. The van der Waals surface area contributed by atoms with Crippen LogP contribution >= 0.6 is 22.7 Å². The molecule has 0 aliphatic carbocycles. The number of fused-ring (bicyclic) bond motifs is 1. The normalized spacial score (nSPS) is 15.9. The van der Waals surface area contributed by atoms with Crippen molar-refractivity contribution < 1.29 is 19.1 Å². The molecule has 6 nitrogen and oxygen atoms in total. The summed E-state index contributed by atoms with van der Waals surface area (Å²) in [6.07, 6.45) is 0.122. The molecule has 29 heavy (non-hydrogen) atoms. The largest absolute Gasteiger partial charge is 0.479 e. The molecule has 1 aliphatic rings. The third-order valence-corrected chi connectivity index (χ3v) is 6.45. The first-order chi connectivity index (χ1) is 14.1. The van der Waals surface area contributed by atoms with Crippen LogP contribution < -0.4 is 9.64 Å². The lowest BCUT2D eigenvalue weighted by Crippen LogP contribution is -2.46. The Balaban J connectivity index is 1.65. The number of thiophene rings is 1. The minimum atomic E-state index is -0.635. The molecule has 1 amide bonds. The monoisotopic (exact) mass is 428 g/mol. The Morgan fingerprint density at radius 2 is 2.17 bits per heavy atom. The number of rotatable bonds is 7. The smallest absolute Gasteiger partial charge is 0.268 e. The first-order valence-electron chi connectivity index (χ1n) is 9.19. The van der Waals surface area contributed by atoms with E-state index < -0.39 is 6.10 Å². The molecule has 2 aromatic heterocycles. The highest BCUT2D eigenvalue weighted by Crippen LogP contribution is 2.38. The van der Waals surface area contributed by atoms with Gasteiger partial charge in [-0.25, -0.2) is 4.98 Å². The summed E-state index contributed by atoms with van der Waals surface area (Å²) in [6.45, 7) is 2.31. The Morgan fingerprint density at radius 3 is 2.93 bits per heavy atom. The topological polar surface area (TPSA) is 68.7 Å². The Kier molecular flexibility index (Phi) is 5.75. The van der Waals surface area contributed by atoms with E-state index in [0.29, 0.717) is 22.9 Å². The van der Waals surface area contributed by atoms with Crippen LogP contribution in [0.1, 0.15) is 21.6 Å². The molecule has 0 radical (unpaired) electrons. The molecule has 0 spiro atoms. The fraction of sp³-hybridized carbons (Fsp3) is 0.286. The molecule has 4 rings (SSSR count). The maximum Gasteiger partial charge on any atom is 0.268 e. The van der Waals surface area contributed by atoms with Crippen molar-refractivity contribution >= 4 is 40.1 Å². The summed E-state index contributed by atoms with van der Waals surface area (Å²) < 4.78 is 10.9. The SMILES string of the molecule is COCCc1nc(-c2ccc3c(c2)N(CC(=O)c2cccs2)C(=O)C(C)O3)cs1. The van der Waals surface area contributed by atoms with Crippen molar-refractivity contribution in [3.63, 3.8) is 0 Å². The molecule has 0 N–H and O–H groups in total. The summed E-state index contributed by atoms with van der Waals surface area (Å²) in [5.74, 6) is 0.280.